The topological polar surface area (TPSA) is 29.4 Å². The van der Waals surface area contributed by atoms with Crippen LogP contribution < -0.4 is 0 Å². The Morgan fingerprint density at radius 1 is 1.78 bits per heavy atom. The van der Waals surface area contributed by atoms with Gasteiger partial charge in [0, 0.05) is 11.6 Å². The third-order valence-electron chi connectivity index (χ3n) is 1.10. The van der Waals surface area contributed by atoms with Crippen LogP contribution in [-0.4, -0.2) is 9.25 Å². The van der Waals surface area contributed by atoms with E-state index < -0.39 is 10.8 Å². The van der Waals surface area contributed by atoms with Crippen LogP contribution in [0.3, 0.4) is 0 Å². The van der Waals surface area contributed by atoms with Gasteiger partial charge in [0.1, 0.15) is 5.04 Å². The quantitative estimate of drug-likeness (QED) is 0.574. The van der Waals surface area contributed by atoms with E-state index in [9.17, 15) is 4.21 Å². The third-order valence-corrected chi connectivity index (χ3v) is 2.24. The number of hydrogen-bond donors (Lipinski definition) is 0. The van der Waals surface area contributed by atoms with Crippen molar-refractivity contribution in [3.05, 3.63) is 11.6 Å². The van der Waals surface area contributed by atoms with Gasteiger partial charge >= 0.3 is 0 Å². The first-order chi connectivity index (χ1) is 4.34. The molecule has 2 nitrogen and oxygen atoms in total. The van der Waals surface area contributed by atoms with E-state index in [2.05, 4.69) is 11.9 Å². The fraction of sp³-hybridized carbons (Fsp3) is 0.500. The van der Waals surface area contributed by atoms with Crippen LogP contribution in [0.4, 0.5) is 0 Å². The fourth-order valence-corrected chi connectivity index (χ4v) is 1.58. The van der Waals surface area contributed by atoms with Crippen molar-refractivity contribution in [3.8, 4) is 0 Å². The first-order valence-electron chi connectivity index (χ1n) is 2.98. The molecule has 0 amide bonds. The predicted octanol–water partition coefficient (Wildman–Crippen LogP) is 1.42. The highest BCUT2D eigenvalue weighted by Gasteiger charge is 2.07. The van der Waals surface area contributed by atoms with Gasteiger partial charge in [-0.05, 0) is 12.8 Å². The van der Waals surface area contributed by atoms with Gasteiger partial charge in [-0.3, -0.25) is 4.99 Å². The normalized spacial score (nSPS) is 24.6. The highest BCUT2D eigenvalue weighted by molar-refractivity contribution is 8.03. The molecule has 0 radical (unpaired) electrons. The highest BCUT2D eigenvalue weighted by Crippen LogP contribution is 2.05. The summed E-state index contributed by atoms with van der Waals surface area (Å²) in [4.78, 5) is 3.94. The molecule has 0 bridgehead atoms. The van der Waals surface area contributed by atoms with E-state index in [1.165, 1.54) is 0 Å². The van der Waals surface area contributed by atoms with Crippen LogP contribution in [0, 0.1) is 0 Å². The lowest BCUT2D eigenvalue weighted by Crippen LogP contribution is -1.99. The van der Waals surface area contributed by atoms with Gasteiger partial charge in [-0.1, -0.05) is 6.92 Å². The Morgan fingerprint density at radius 3 is 3.00 bits per heavy atom. The molecule has 0 fully saturated rings. The molecule has 9 heavy (non-hydrogen) atoms. The minimum absolute atomic E-state index is 0.817. The second-order valence-electron chi connectivity index (χ2n) is 1.86. The van der Waals surface area contributed by atoms with Crippen LogP contribution in [0.15, 0.2) is 16.6 Å². The average molecular weight is 143 g/mol. The molecule has 0 aromatic rings. The smallest absolute Gasteiger partial charge is 0.108 e. The van der Waals surface area contributed by atoms with E-state index in [4.69, 9.17) is 0 Å². The van der Waals surface area contributed by atoms with Crippen molar-refractivity contribution in [3.63, 3.8) is 0 Å². The van der Waals surface area contributed by atoms with Crippen molar-refractivity contribution >= 4 is 15.8 Å². The van der Waals surface area contributed by atoms with E-state index in [0.717, 1.165) is 17.9 Å². The molecule has 0 saturated carbocycles. The zero-order valence-corrected chi connectivity index (χ0v) is 6.15. The molecule has 3 heteroatoms. The lowest BCUT2D eigenvalue weighted by molar-refractivity contribution is 0.694. The third kappa shape index (κ3) is 1.48. The first-order valence-corrected chi connectivity index (χ1v) is 4.20. The van der Waals surface area contributed by atoms with Gasteiger partial charge < -0.3 is 0 Å². The standard InChI is InChI=1S/C6H9NOS/c1-2-3-6-7-4-5-9(6)8/h4-5H,2-3H2,1H3. The minimum Gasteiger partial charge on any atom is -0.251 e. The minimum atomic E-state index is -0.891. The van der Waals surface area contributed by atoms with Crippen LogP contribution in [0.5, 0.6) is 0 Å². The van der Waals surface area contributed by atoms with Gasteiger partial charge in [0.15, 0.2) is 0 Å². The van der Waals surface area contributed by atoms with E-state index >= 15 is 0 Å². The summed E-state index contributed by atoms with van der Waals surface area (Å²) in [6.07, 6.45) is 3.49. The summed E-state index contributed by atoms with van der Waals surface area (Å²) >= 11 is 0. The largest absolute Gasteiger partial charge is 0.251 e. The molecule has 0 N–H and O–H groups in total. The summed E-state index contributed by atoms with van der Waals surface area (Å²) in [7, 11) is -0.891. The molecule has 1 atom stereocenters. The molecule has 0 spiro atoms. The summed E-state index contributed by atoms with van der Waals surface area (Å²) in [5.74, 6) is 0. The lowest BCUT2D eigenvalue weighted by atomic mass is 10.4. The van der Waals surface area contributed by atoms with Crippen molar-refractivity contribution in [1.82, 2.24) is 0 Å². The zero-order chi connectivity index (χ0) is 6.69. The summed E-state index contributed by atoms with van der Waals surface area (Å²) in [6, 6.07) is 0. The Morgan fingerprint density at radius 2 is 2.56 bits per heavy atom. The van der Waals surface area contributed by atoms with Crippen LogP contribution >= 0.6 is 0 Å². The SMILES string of the molecule is CCCC1=NC=CS1=O. The van der Waals surface area contributed by atoms with Crippen molar-refractivity contribution in [2.24, 2.45) is 4.99 Å². The van der Waals surface area contributed by atoms with Gasteiger partial charge in [0.2, 0.25) is 0 Å². The lowest BCUT2D eigenvalue weighted by Gasteiger charge is -1.91. The second-order valence-corrected chi connectivity index (χ2v) is 3.19. The van der Waals surface area contributed by atoms with Crippen LogP contribution in [0.25, 0.3) is 0 Å². The maximum Gasteiger partial charge on any atom is 0.108 e. The van der Waals surface area contributed by atoms with E-state index in [0.29, 0.717) is 0 Å². The van der Waals surface area contributed by atoms with Crippen LogP contribution in [-0.2, 0) is 10.8 Å². The van der Waals surface area contributed by atoms with E-state index in [1.807, 2.05) is 0 Å². The van der Waals surface area contributed by atoms with E-state index in [1.54, 1.807) is 11.6 Å². The zero-order valence-electron chi connectivity index (χ0n) is 5.33. The Kier molecular flexibility index (Phi) is 2.16. The highest BCUT2D eigenvalue weighted by atomic mass is 32.2. The summed E-state index contributed by atoms with van der Waals surface area (Å²) in [6.45, 7) is 2.05. The Hall–Kier alpha value is -0.440. The van der Waals surface area contributed by atoms with Crippen molar-refractivity contribution in [2.75, 3.05) is 0 Å². The van der Waals surface area contributed by atoms with Gasteiger partial charge in [-0.25, -0.2) is 4.21 Å². The number of rotatable bonds is 2. The number of aliphatic imine (C=N–C) groups is 1. The summed E-state index contributed by atoms with van der Waals surface area (Å²) < 4.78 is 10.9. The Bertz CT molecular complexity index is 183. The second kappa shape index (κ2) is 2.92. The van der Waals surface area contributed by atoms with Crippen molar-refractivity contribution in [2.45, 2.75) is 19.8 Å². The van der Waals surface area contributed by atoms with Gasteiger partial charge in [-0.2, -0.15) is 0 Å². The van der Waals surface area contributed by atoms with Crippen molar-refractivity contribution < 1.29 is 4.21 Å². The van der Waals surface area contributed by atoms with E-state index in [-0.39, 0.29) is 0 Å². The maximum absolute atomic E-state index is 10.9. The van der Waals surface area contributed by atoms with Gasteiger partial charge in [-0.15, -0.1) is 0 Å². The number of nitrogens with zero attached hydrogens (tertiary/aromatic N) is 1. The molecular formula is C6H9NOS. The van der Waals surface area contributed by atoms with Crippen LogP contribution in [0.2, 0.25) is 0 Å². The molecule has 1 aliphatic heterocycles. The average Bonchev–Trinajstić information content (AvgIpc) is 2.18. The monoisotopic (exact) mass is 143 g/mol. The van der Waals surface area contributed by atoms with Gasteiger partial charge in [0.05, 0.1) is 10.8 Å². The Labute approximate surface area is 57.1 Å². The molecule has 0 aromatic carbocycles. The fourth-order valence-electron chi connectivity index (χ4n) is 0.678. The van der Waals surface area contributed by atoms with Gasteiger partial charge in [0.25, 0.3) is 0 Å². The summed E-state index contributed by atoms with van der Waals surface area (Å²) in [5.41, 5.74) is 0. The van der Waals surface area contributed by atoms with Crippen molar-refractivity contribution in [1.29, 1.82) is 0 Å². The molecule has 0 aromatic heterocycles. The Balaban J connectivity index is 2.54. The molecule has 1 rings (SSSR count). The molecule has 0 aliphatic carbocycles. The maximum atomic E-state index is 10.9. The summed E-state index contributed by atoms with van der Waals surface area (Å²) in [5, 5.41) is 2.43. The molecule has 1 heterocycles. The first kappa shape index (κ1) is 6.68. The molecule has 1 unspecified atom stereocenters. The predicted molar refractivity (Wildman–Crippen MR) is 39.6 cm³/mol. The number of hydrogen-bond acceptors (Lipinski definition) is 2. The van der Waals surface area contributed by atoms with Crippen LogP contribution in [0.1, 0.15) is 19.8 Å². The molecular weight excluding hydrogens is 134 g/mol. The molecule has 0 saturated heterocycles. The molecule has 1 aliphatic rings. The molecule has 50 valence electrons.